The number of rotatable bonds is 6. The lowest BCUT2D eigenvalue weighted by atomic mass is 10.0. The molecule has 25 heavy (non-hydrogen) atoms. The topological polar surface area (TPSA) is 52.6 Å². The van der Waals surface area contributed by atoms with Crippen molar-refractivity contribution in [3.63, 3.8) is 0 Å². The molecular formula is C21H24O4. The normalized spacial score (nSPS) is 10.8. The fourth-order valence-electron chi connectivity index (χ4n) is 2.28. The number of para-hydroxylation sites is 1. The van der Waals surface area contributed by atoms with Crippen molar-refractivity contribution in [2.24, 2.45) is 5.92 Å². The summed E-state index contributed by atoms with van der Waals surface area (Å²) in [6.45, 7) is 8.41. The Morgan fingerprint density at radius 2 is 1.40 bits per heavy atom. The van der Waals surface area contributed by atoms with Gasteiger partial charge in [-0.25, -0.2) is 9.59 Å². The van der Waals surface area contributed by atoms with Crippen molar-refractivity contribution in [1.29, 1.82) is 0 Å². The Kier molecular flexibility index (Phi) is 6.34. The largest absolute Gasteiger partial charge is 0.462 e. The predicted molar refractivity (Wildman–Crippen MR) is 97.1 cm³/mol. The molecule has 132 valence electrons. The van der Waals surface area contributed by atoms with Crippen LogP contribution in [-0.2, 0) is 4.74 Å². The first-order valence-corrected chi connectivity index (χ1v) is 8.46. The number of benzene rings is 2. The molecule has 2 aromatic carbocycles. The third-order valence-electron chi connectivity index (χ3n) is 3.65. The summed E-state index contributed by atoms with van der Waals surface area (Å²) < 4.78 is 10.7. The van der Waals surface area contributed by atoms with E-state index in [2.05, 4.69) is 0 Å². The quantitative estimate of drug-likeness (QED) is 0.557. The summed E-state index contributed by atoms with van der Waals surface area (Å²) in [5.74, 6) is 0.248. The van der Waals surface area contributed by atoms with Crippen molar-refractivity contribution in [3.05, 3.63) is 65.2 Å². The first-order valence-electron chi connectivity index (χ1n) is 8.46. The van der Waals surface area contributed by atoms with Gasteiger partial charge in [-0.15, -0.1) is 0 Å². The van der Waals surface area contributed by atoms with Crippen LogP contribution in [-0.4, -0.2) is 18.5 Å². The minimum atomic E-state index is -0.449. The average molecular weight is 340 g/mol. The van der Waals surface area contributed by atoms with Crippen LogP contribution in [0.3, 0.4) is 0 Å². The summed E-state index contributed by atoms with van der Waals surface area (Å²) in [4.78, 5) is 24.2. The number of carbonyl (C=O) groups is 2. The van der Waals surface area contributed by atoms with Crippen LogP contribution in [0.15, 0.2) is 48.5 Å². The minimum absolute atomic E-state index is 0.252. The standard InChI is InChI=1S/C21H24O4/c1-14(2)13-24-20(22)16-9-11-17(12-10-16)21(23)25-19-8-6-5-7-18(19)15(3)4/h5-12,14-15H,13H2,1-4H3. The Bertz CT molecular complexity index is 730. The summed E-state index contributed by atoms with van der Waals surface area (Å²) in [6.07, 6.45) is 0. The Morgan fingerprint density at radius 3 is 1.96 bits per heavy atom. The minimum Gasteiger partial charge on any atom is -0.462 e. The van der Waals surface area contributed by atoms with E-state index >= 15 is 0 Å². The number of ether oxygens (including phenoxy) is 2. The summed E-state index contributed by atoms with van der Waals surface area (Å²) >= 11 is 0. The van der Waals surface area contributed by atoms with Gasteiger partial charge >= 0.3 is 11.9 Å². The van der Waals surface area contributed by atoms with Crippen LogP contribution < -0.4 is 4.74 Å². The Balaban J connectivity index is 2.07. The Morgan fingerprint density at radius 1 is 0.840 bits per heavy atom. The fourth-order valence-corrected chi connectivity index (χ4v) is 2.28. The first-order chi connectivity index (χ1) is 11.9. The van der Waals surface area contributed by atoms with E-state index in [0.29, 0.717) is 23.5 Å². The lowest BCUT2D eigenvalue weighted by molar-refractivity contribution is 0.0458. The molecule has 0 fully saturated rings. The molecule has 0 amide bonds. The summed E-state index contributed by atoms with van der Waals surface area (Å²) in [7, 11) is 0. The lowest BCUT2D eigenvalue weighted by Gasteiger charge is -2.12. The van der Waals surface area contributed by atoms with Gasteiger partial charge < -0.3 is 9.47 Å². The summed E-state index contributed by atoms with van der Waals surface area (Å²) in [6, 6.07) is 13.8. The van der Waals surface area contributed by atoms with E-state index < -0.39 is 11.9 Å². The second kappa shape index (κ2) is 8.47. The molecule has 4 heteroatoms. The van der Waals surface area contributed by atoms with E-state index in [9.17, 15) is 9.59 Å². The van der Waals surface area contributed by atoms with Crippen LogP contribution in [0.5, 0.6) is 5.75 Å². The van der Waals surface area contributed by atoms with Gasteiger partial charge in [-0.05, 0) is 47.7 Å². The van der Waals surface area contributed by atoms with E-state index in [1.54, 1.807) is 30.3 Å². The van der Waals surface area contributed by atoms with Gasteiger partial charge in [-0.3, -0.25) is 0 Å². The van der Waals surface area contributed by atoms with E-state index in [-0.39, 0.29) is 11.8 Å². The van der Waals surface area contributed by atoms with Crippen molar-refractivity contribution < 1.29 is 19.1 Å². The highest BCUT2D eigenvalue weighted by Crippen LogP contribution is 2.26. The second-order valence-corrected chi connectivity index (χ2v) is 6.65. The molecule has 0 aliphatic rings. The van der Waals surface area contributed by atoms with Crippen LogP contribution in [0.2, 0.25) is 0 Å². The highest BCUT2D eigenvalue weighted by molar-refractivity contribution is 5.94. The van der Waals surface area contributed by atoms with Crippen LogP contribution in [0.1, 0.15) is 59.9 Å². The third kappa shape index (κ3) is 5.18. The van der Waals surface area contributed by atoms with Gasteiger partial charge in [-0.1, -0.05) is 45.9 Å². The molecule has 0 aliphatic carbocycles. The maximum Gasteiger partial charge on any atom is 0.343 e. The van der Waals surface area contributed by atoms with E-state index in [1.807, 2.05) is 45.9 Å². The lowest BCUT2D eigenvalue weighted by Crippen LogP contribution is -2.12. The molecule has 2 rings (SSSR count). The molecular weight excluding hydrogens is 316 g/mol. The third-order valence-corrected chi connectivity index (χ3v) is 3.65. The number of hydrogen-bond acceptors (Lipinski definition) is 4. The van der Waals surface area contributed by atoms with Gasteiger partial charge in [0.05, 0.1) is 17.7 Å². The Labute approximate surface area is 148 Å². The van der Waals surface area contributed by atoms with Crippen molar-refractivity contribution in [3.8, 4) is 5.75 Å². The van der Waals surface area contributed by atoms with E-state index in [0.717, 1.165) is 5.56 Å². The van der Waals surface area contributed by atoms with Crippen molar-refractivity contribution >= 4 is 11.9 Å². The van der Waals surface area contributed by atoms with Crippen molar-refractivity contribution in [2.45, 2.75) is 33.6 Å². The first kappa shape index (κ1) is 18.7. The SMILES string of the molecule is CC(C)COC(=O)c1ccc(C(=O)Oc2ccccc2C(C)C)cc1. The highest BCUT2D eigenvalue weighted by Gasteiger charge is 2.14. The van der Waals surface area contributed by atoms with Gasteiger partial charge in [0.2, 0.25) is 0 Å². The van der Waals surface area contributed by atoms with Crippen LogP contribution in [0.25, 0.3) is 0 Å². The van der Waals surface area contributed by atoms with E-state index in [1.165, 1.54) is 0 Å². The fraction of sp³-hybridized carbons (Fsp3) is 0.333. The molecule has 0 radical (unpaired) electrons. The molecule has 0 aromatic heterocycles. The molecule has 0 N–H and O–H groups in total. The van der Waals surface area contributed by atoms with Crippen LogP contribution >= 0.6 is 0 Å². The molecule has 4 nitrogen and oxygen atoms in total. The maximum absolute atomic E-state index is 12.3. The Hall–Kier alpha value is -2.62. The molecule has 0 saturated heterocycles. The van der Waals surface area contributed by atoms with Gasteiger partial charge in [-0.2, -0.15) is 0 Å². The molecule has 0 atom stereocenters. The van der Waals surface area contributed by atoms with Gasteiger partial charge in [0.15, 0.2) is 0 Å². The molecule has 0 spiro atoms. The van der Waals surface area contributed by atoms with Gasteiger partial charge in [0.1, 0.15) is 5.75 Å². The smallest absolute Gasteiger partial charge is 0.343 e. The van der Waals surface area contributed by atoms with Crippen LogP contribution in [0, 0.1) is 5.92 Å². The molecule has 0 heterocycles. The maximum atomic E-state index is 12.3. The zero-order valence-electron chi connectivity index (χ0n) is 15.1. The van der Waals surface area contributed by atoms with Crippen molar-refractivity contribution in [2.75, 3.05) is 6.61 Å². The summed E-state index contributed by atoms with van der Waals surface area (Å²) in [5.41, 5.74) is 1.78. The zero-order valence-corrected chi connectivity index (χ0v) is 15.1. The number of hydrogen-bond donors (Lipinski definition) is 0. The molecule has 0 aliphatic heterocycles. The highest BCUT2D eigenvalue weighted by atomic mass is 16.5. The van der Waals surface area contributed by atoms with Crippen LogP contribution in [0.4, 0.5) is 0 Å². The molecule has 0 unspecified atom stereocenters. The molecule has 0 bridgehead atoms. The van der Waals surface area contributed by atoms with E-state index in [4.69, 9.17) is 9.47 Å². The molecule has 2 aromatic rings. The van der Waals surface area contributed by atoms with Gasteiger partial charge in [0, 0.05) is 0 Å². The average Bonchev–Trinajstić information content (AvgIpc) is 2.60. The van der Waals surface area contributed by atoms with Crippen molar-refractivity contribution in [1.82, 2.24) is 0 Å². The second-order valence-electron chi connectivity index (χ2n) is 6.65. The number of esters is 2. The predicted octanol–water partition coefficient (Wildman–Crippen LogP) is 4.84. The number of carbonyl (C=O) groups excluding carboxylic acids is 2. The molecule has 0 saturated carbocycles. The van der Waals surface area contributed by atoms with Gasteiger partial charge in [0.25, 0.3) is 0 Å². The summed E-state index contributed by atoms with van der Waals surface area (Å²) in [5, 5.41) is 0. The monoisotopic (exact) mass is 340 g/mol. The zero-order chi connectivity index (χ0) is 18.4.